The quantitative estimate of drug-likeness (QED) is 0.729. The summed E-state index contributed by atoms with van der Waals surface area (Å²) in [6.07, 6.45) is 2.32. The molecule has 166 valence electrons. The van der Waals surface area contributed by atoms with Crippen LogP contribution in [0.15, 0.2) is 48.7 Å². The number of likely N-dealkylation sites (tertiary alicyclic amines) is 1. The van der Waals surface area contributed by atoms with Gasteiger partial charge in [-0.15, -0.1) is 0 Å². The fraction of sp³-hybridized carbons (Fsp3) is 0.458. The van der Waals surface area contributed by atoms with Crippen molar-refractivity contribution >= 4 is 12.1 Å². The summed E-state index contributed by atoms with van der Waals surface area (Å²) in [5.41, 5.74) is 1.25. The van der Waals surface area contributed by atoms with Gasteiger partial charge in [0.25, 0.3) is 0 Å². The van der Waals surface area contributed by atoms with Crippen LogP contribution in [0.2, 0.25) is 0 Å². The van der Waals surface area contributed by atoms with Crippen molar-refractivity contribution in [3.63, 3.8) is 0 Å². The highest BCUT2D eigenvalue weighted by Crippen LogP contribution is 2.35. The zero-order valence-corrected chi connectivity index (χ0v) is 18.4. The van der Waals surface area contributed by atoms with Gasteiger partial charge in [0.05, 0.1) is 19.3 Å². The maximum atomic E-state index is 13.1. The minimum Gasteiger partial charge on any atom is -0.464 e. The normalized spacial score (nSPS) is 19.7. The second kappa shape index (κ2) is 9.47. The van der Waals surface area contributed by atoms with Gasteiger partial charge >= 0.3 is 12.1 Å². The molecule has 1 aliphatic heterocycles. The minimum absolute atomic E-state index is 0.149. The Labute approximate surface area is 183 Å². The third-order valence-electron chi connectivity index (χ3n) is 5.35. The molecule has 0 aliphatic carbocycles. The molecule has 7 nitrogen and oxygen atoms in total. The van der Waals surface area contributed by atoms with Crippen molar-refractivity contribution in [2.24, 2.45) is 0 Å². The topological polar surface area (TPSA) is 89.0 Å². The van der Waals surface area contributed by atoms with E-state index in [-0.39, 0.29) is 17.8 Å². The maximum Gasteiger partial charge on any atom is 0.410 e. The van der Waals surface area contributed by atoms with E-state index in [9.17, 15) is 14.7 Å². The number of hydrogen-bond acceptors (Lipinski definition) is 6. The molecule has 1 N–H and O–H groups in total. The first-order valence-corrected chi connectivity index (χ1v) is 10.5. The molecule has 1 saturated heterocycles. The molecular formula is C24H30N2O5. The van der Waals surface area contributed by atoms with E-state index in [4.69, 9.17) is 4.74 Å². The molecule has 31 heavy (non-hydrogen) atoms. The summed E-state index contributed by atoms with van der Waals surface area (Å²) in [6, 6.07) is 12.3. The fourth-order valence-electron chi connectivity index (χ4n) is 3.94. The first-order chi connectivity index (χ1) is 14.7. The van der Waals surface area contributed by atoms with Crippen LogP contribution < -0.4 is 0 Å². The van der Waals surface area contributed by atoms with E-state index in [2.05, 4.69) is 9.72 Å². The molecule has 0 spiro atoms. The number of carbonyl (C=O) groups is 2. The summed E-state index contributed by atoms with van der Waals surface area (Å²) in [4.78, 5) is 30.6. The van der Waals surface area contributed by atoms with Crippen LogP contribution in [0.3, 0.4) is 0 Å². The Morgan fingerprint density at radius 2 is 1.87 bits per heavy atom. The van der Waals surface area contributed by atoms with Gasteiger partial charge < -0.3 is 14.6 Å². The summed E-state index contributed by atoms with van der Waals surface area (Å²) in [6.45, 7) is 5.48. The van der Waals surface area contributed by atoms with Crippen LogP contribution in [0.25, 0.3) is 0 Å². The van der Waals surface area contributed by atoms with Crippen molar-refractivity contribution < 1.29 is 24.2 Å². The predicted octanol–water partition coefficient (Wildman–Crippen LogP) is 3.91. The van der Waals surface area contributed by atoms with Crippen LogP contribution in [0.1, 0.15) is 61.3 Å². The van der Waals surface area contributed by atoms with E-state index < -0.39 is 23.8 Å². The van der Waals surface area contributed by atoms with Crippen molar-refractivity contribution in [3.05, 3.63) is 65.5 Å². The Bertz CT molecular complexity index is 892. The number of esters is 1. The molecule has 3 atom stereocenters. The number of pyridine rings is 1. The average molecular weight is 427 g/mol. The average Bonchev–Trinajstić information content (AvgIpc) is 3.16. The van der Waals surface area contributed by atoms with Crippen LogP contribution in [0, 0.1) is 0 Å². The third kappa shape index (κ3) is 5.61. The number of aliphatic hydroxyl groups excluding tert-OH is 1. The molecule has 1 unspecified atom stereocenters. The van der Waals surface area contributed by atoms with E-state index in [1.165, 1.54) is 7.11 Å². The number of benzene rings is 1. The number of carbonyl (C=O) groups excluding carboxylic acids is 2. The lowest BCUT2D eigenvalue weighted by atomic mass is 10.0. The summed E-state index contributed by atoms with van der Waals surface area (Å²) >= 11 is 0. The number of rotatable bonds is 5. The second-order valence-corrected chi connectivity index (χ2v) is 8.79. The Balaban J connectivity index is 1.82. The highest BCUT2D eigenvalue weighted by Gasteiger charge is 2.42. The Morgan fingerprint density at radius 1 is 1.16 bits per heavy atom. The van der Waals surface area contributed by atoms with E-state index in [1.54, 1.807) is 17.2 Å². The highest BCUT2D eigenvalue weighted by molar-refractivity contribution is 5.87. The number of hydrogen-bond donors (Lipinski definition) is 1. The molecule has 1 aromatic heterocycles. The molecule has 7 heteroatoms. The molecule has 0 bridgehead atoms. The van der Waals surface area contributed by atoms with Crippen molar-refractivity contribution in [2.45, 2.75) is 63.8 Å². The van der Waals surface area contributed by atoms with Crippen LogP contribution in [-0.2, 0) is 15.9 Å². The summed E-state index contributed by atoms with van der Waals surface area (Å²) < 4.78 is 10.4. The first kappa shape index (κ1) is 22.7. The molecule has 2 heterocycles. The van der Waals surface area contributed by atoms with Crippen LogP contribution in [-0.4, -0.2) is 51.8 Å². The summed E-state index contributed by atoms with van der Waals surface area (Å²) in [5.74, 6) is -0.492. The fourth-order valence-corrected chi connectivity index (χ4v) is 3.94. The molecular weight excluding hydrogens is 396 g/mol. The van der Waals surface area contributed by atoms with Crippen LogP contribution >= 0.6 is 0 Å². The van der Waals surface area contributed by atoms with Crippen molar-refractivity contribution in [1.29, 1.82) is 0 Å². The summed E-state index contributed by atoms with van der Waals surface area (Å²) in [7, 11) is 1.31. The minimum atomic E-state index is -0.807. The smallest absolute Gasteiger partial charge is 0.410 e. The van der Waals surface area contributed by atoms with Gasteiger partial charge in [-0.1, -0.05) is 36.4 Å². The van der Waals surface area contributed by atoms with Crippen molar-refractivity contribution in [3.8, 4) is 0 Å². The van der Waals surface area contributed by atoms with Crippen LogP contribution in [0.5, 0.6) is 0 Å². The lowest BCUT2D eigenvalue weighted by molar-refractivity contribution is -0.00454. The van der Waals surface area contributed by atoms with E-state index in [0.29, 0.717) is 12.8 Å². The highest BCUT2D eigenvalue weighted by atomic mass is 16.6. The number of methoxy groups -OCH3 is 1. The zero-order valence-electron chi connectivity index (χ0n) is 18.4. The van der Waals surface area contributed by atoms with E-state index in [1.807, 2.05) is 57.2 Å². The molecule has 1 aromatic carbocycles. The second-order valence-electron chi connectivity index (χ2n) is 8.79. The molecule has 0 saturated carbocycles. The largest absolute Gasteiger partial charge is 0.464 e. The molecule has 1 amide bonds. The van der Waals surface area contributed by atoms with E-state index in [0.717, 1.165) is 17.5 Å². The number of nitrogens with zero attached hydrogens (tertiary/aromatic N) is 2. The molecule has 0 radical (unpaired) electrons. The lowest BCUT2D eigenvalue weighted by Crippen LogP contribution is -2.47. The molecule has 1 aliphatic rings. The molecule has 3 rings (SSSR count). The number of aromatic nitrogens is 1. The number of aliphatic hydroxyl groups is 1. The number of ether oxygens (including phenoxy) is 2. The van der Waals surface area contributed by atoms with Gasteiger partial charge in [0, 0.05) is 12.2 Å². The Kier molecular flexibility index (Phi) is 6.95. The number of amides is 1. The molecule has 1 fully saturated rings. The van der Waals surface area contributed by atoms with Gasteiger partial charge in [-0.3, -0.25) is 4.90 Å². The SMILES string of the molecule is COC(=O)c1ccc(C[C@@H]2CC[C@H](C(O)c3ccccc3)N2C(=O)OC(C)(C)C)cn1. The van der Waals surface area contributed by atoms with Gasteiger partial charge in [0.2, 0.25) is 0 Å². The van der Waals surface area contributed by atoms with Crippen LogP contribution in [0.4, 0.5) is 4.79 Å². The first-order valence-electron chi connectivity index (χ1n) is 10.5. The Hall–Kier alpha value is -2.93. The van der Waals surface area contributed by atoms with E-state index >= 15 is 0 Å². The third-order valence-corrected chi connectivity index (χ3v) is 5.35. The van der Waals surface area contributed by atoms with Gasteiger partial charge in [0.15, 0.2) is 0 Å². The van der Waals surface area contributed by atoms with Gasteiger partial charge in [-0.25, -0.2) is 14.6 Å². The van der Waals surface area contributed by atoms with Gasteiger partial charge in [0.1, 0.15) is 11.3 Å². The van der Waals surface area contributed by atoms with Gasteiger partial charge in [-0.05, 0) is 57.2 Å². The predicted molar refractivity (Wildman–Crippen MR) is 116 cm³/mol. The maximum absolute atomic E-state index is 13.1. The lowest BCUT2D eigenvalue weighted by Gasteiger charge is -2.34. The van der Waals surface area contributed by atoms with Crippen molar-refractivity contribution in [1.82, 2.24) is 9.88 Å². The van der Waals surface area contributed by atoms with Crippen molar-refractivity contribution in [2.75, 3.05) is 7.11 Å². The molecule has 2 aromatic rings. The summed E-state index contributed by atoms with van der Waals surface area (Å²) in [5, 5.41) is 11.0. The Morgan fingerprint density at radius 3 is 2.45 bits per heavy atom. The monoisotopic (exact) mass is 426 g/mol. The zero-order chi connectivity index (χ0) is 22.6. The standard InChI is InChI=1S/C24H30N2O5/c1-24(2,3)31-23(29)26-18(14-16-10-12-19(25-15-16)22(28)30-4)11-13-20(26)21(27)17-8-6-5-7-9-17/h5-10,12,15,18,20-21,27H,11,13-14H2,1-4H3/t18-,20+,21?/m0/s1. The van der Waals surface area contributed by atoms with Gasteiger partial charge in [-0.2, -0.15) is 0 Å².